The standard InChI is InChI=1S/C24H35N5OS.HI/c1-2-25-24(26-9-11-28-10-7-23-22(19-28)8-16-31-23)27-17-20-5-3-4-6-21(20)18-29-12-14-30-15-13-29;/h3-6,8,16H,2,7,9-15,17-19H2,1H3,(H2,25,26,27);1H. The van der Waals surface area contributed by atoms with Gasteiger partial charge in [-0.15, -0.1) is 35.3 Å². The van der Waals surface area contributed by atoms with E-state index in [0.29, 0.717) is 6.54 Å². The molecule has 2 aliphatic heterocycles. The van der Waals surface area contributed by atoms with E-state index in [-0.39, 0.29) is 24.0 Å². The smallest absolute Gasteiger partial charge is 0.191 e. The highest BCUT2D eigenvalue weighted by Crippen LogP contribution is 2.23. The zero-order chi connectivity index (χ0) is 21.3. The van der Waals surface area contributed by atoms with Crippen molar-refractivity contribution >= 4 is 41.3 Å². The number of guanidine groups is 1. The molecule has 1 aromatic heterocycles. The summed E-state index contributed by atoms with van der Waals surface area (Å²) in [5, 5.41) is 9.15. The van der Waals surface area contributed by atoms with Crippen molar-refractivity contribution in [2.45, 2.75) is 33.0 Å². The van der Waals surface area contributed by atoms with E-state index < -0.39 is 0 Å². The molecular formula is C24H36IN5OS. The van der Waals surface area contributed by atoms with E-state index in [1.54, 1.807) is 4.88 Å². The maximum Gasteiger partial charge on any atom is 0.191 e. The van der Waals surface area contributed by atoms with E-state index in [1.165, 1.54) is 23.1 Å². The lowest BCUT2D eigenvalue weighted by molar-refractivity contribution is 0.0341. The molecule has 1 fully saturated rings. The topological polar surface area (TPSA) is 52.1 Å². The Balaban J connectivity index is 0.00000289. The number of nitrogens with one attached hydrogen (secondary N) is 2. The number of fused-ring (bicyclic) bond motifs is 1. The van der Waals surface area contributed by atoms with Gasteiger partial charge in [-0.3, -0.25) is 9.80 Å². The van der Waals surface area contributed by atoms with Crippen molar-refractivity contribution in [3.63, 3.8) is 0 Å². The molecule has 32 heavy (non-hydrogen) atoms. The number of hydrogen-bond acceptors (Lipinski definition) is 5. The third kappa shape index (κ3) is 7.41. The van der Waals surface area contributed by atoms with Gasteiger partial charge in [-0.2, -0.15) is 0 Å². The van der Waals surface area contributed by atoms with E-state index in [0.717, 1.165) is 71.5 Å². The summed E-state index contributed by atoms with van der Waals surface area (Å²) in [6, 6.07) is 11.0. The predicted octanol–water partition coefficient (Wildman–Crippen LogP) is 3.31. The minimum Gasteiger partial charge on any atom is -0.379 e. The maximum absolute atomic E-state index is 5.49. The molecule has 0 atom stereocenters. The Hall–Kier alpha value is -1.20. The number of morpholine rings is 1. The molecule has 0 bridgehead atoms. The average molecular weight is 570 g/mol. The van der Waals surface area contributed by atoms with E-state index in [1.807, 2.05) is 11.3 Å². The first-order valence-corrected chi connectivity index (χ1v) is 12.4. The Labute approximate surface area is 213 Å². The van der Waals surface area contributed by atoms with Crippen LogP contribution in [-0.4, -0.2) is 68.2 Å². The van der Waals surface area contributed by atoms with Crippen LogP contribution < -0.4 is 10.6 Å². The van der Waals surface area contributed by atoms with Crippen LogP contribution in [0.3, 0.4) is 0 Å². The van der Waals surface area contributed by atoms with Crippen molar-refractivity contribution in [2.24, 2.45) is 4.99 Å². The van der Waals surface area contributed by atoms with Crippen molar-refractivity contribution in [3.05, 3.63) is 57.3 Å². The third-order valence-electron chi connectivity index (χ3n) is 5.97. The van der Waals surface area contributed by atoms with Crippen LogP contribution in [0.4, 0.5) is 0 Å². The first-order chi connectivity index (χ1) is 15.3. The van der Waals surface area contributed by atoms with Crippen LogP contribution in [0.25, 0.3) is 0 Å². The number of benzene rings is 1. The van der Waals surface area contributed by atoms with Gasteiger partial charge in [-0.05, 0) is 41.5 Å². The van der Waals surface area contributed by atoms with Crippen LogP contribution in [0.5, 0.6) is 0 Å². The first kappa shape index (κ1) is 25.4. The highest BCUT2D eigenvalue weighted by molar-refractivity contribution is 14.0. The zero-order valence-corrected chi connectivity index (χ0v) is 22.2. The number of nitrogens with zero attached hydrogens (tertiary/aromatic N) is 3. The Morgan fingerprint density at radius 2 is 1.88 bits per heavy atom. The number of ether oxygens (including phenoxy) is 1. The Morgan fingerprint density at radius 1 is 1.06 bits per heavy atom. The van der Waals surface area contributed by atoms with Crippen LogP contribution in [0.15, 0.2) is 40.7 Å². The highest BCUT2D eigenvalue weighted by Gasteiger charge is 2.17. The molecule has 0 amide bonds. The summed E-state index contributed by atoms with van der Waals surface area (Å²) < 4.78 is 5.49. The van der Waals surface area contributed by atoms with E-state index in [2.05, 4.69) is 63.1 Å². The lowest BCUT2D eigenvalue weighted by Gasteiger charge is -2.27. The molecule has 176 valence electrons. The molecule has 8 heteroatoms. The second kappa shape index (κ2) is 13.5. The average Bonchev–Trinajstić information content (AvgIpc) is 3.27. The van der Waals surface area contributed by atoms with Crippen molar-refractivity contribution in [3.8, 4) is 0 Å². The first-order valence-electron chi connectivity index (χ1n) is 11.5. The summed E-state index contributed by atoms with van der Waals surface area (Å²) in [5.74, 6) is 0.900. The minimum atomic E-state index is 0. The monoisotopic (exact) mass is 569 g/mol. The third-order valence-corrected chi connectivity index (χ3v) is 7.00. The van der Waals surface area contributed by atoms with Crippen molar-refractivity contribution in [2.75, 3.05) is 52.5 Å². The van der Waals surface area contributed by atoms with Gasteiger partial charge >= 0.3 is 0 Å². The Bertz CT molecular complexity index is 852. The number of rotatable bonds is 8. The number of hydrogen-bond donors (Lipinski definition) is 2. The molecule has 1 saturated heterocycles. The number of aliphatic imine (C=N–C) groups is 1. The fourth-order valence-corrected chi connectivity index (χ4v) is 5.09. The molecule has 0 unspecified atom stereocenters. The lowest BCUT2D eigenvalue weighted by Crippen LogP contribution is -2.42. The molecule has 3 heterocycles. The van der Waals surface area contributed by atoms with Crippen LogP contribution in [0.1, 0.15) is 28.5 Å². The van der Waals surface area contributed by atoms with Gasteiger partial charge in [0, 0.05) is 57.2 Å². The lowest BCUT2D eigenvalue weighted by atomic mass is 10.1. The minimum absolute atomic E-state index is 0. The van der Waals surface area contributed by atoms with Gasteiger partial charge < -0.3 is 15.4 Å². The van der Waals surface area contributed by atoms with E-state index in [9.17, 15) is 0 Å². The molecule has 4 rings (SSSR count). The quantitative estimate of drug-likeness (QED) is 0.291. The van der Waals surface area contributed by atoms with Gasteiger partial charge in [-0.25, -0.2) is 4.99 Å². The van der Waals surface area contributed by atoms with Gasteiger partial charge in [-0.1, -0.05) is 24.3 Å². The normalized spacial score (nSPS) is 17.5. The summed E-state index contributed by atoms with van der Waals surface area (Å²) in [6.07, 6.45) is 1.18. The molecule has 1 aromatic carbocycles. The molecule has 0 radical (unpaired) electrons. The molecular weight excluding hydrogens is 533 g/mol. The van der Waals surface area contributed by atoms with Gasteiger partial charge in [0.2, 0.25) is 0 Å². The van der Waals surface area contributed by atoms with Crippen LogP contribution in [0.2, 0.25) is 0 Å². The molecule has 0 spiro atoms. The van der Waals surface area contributed by atoms with Crippen LogP contribution >= 0.6 is 35.3 Å². The summed E-state index contributed by atoms with van der Waals surface area (Å²) in [5.41, 5.74) is 4.17. The second-order valence-electron chi connectivity index (χ2n) is 8.17. The highest BCUT2D eigenvalue weighted by atomic mass is 127. The van der Waals surface area contributed by atoms with Crippen molar-refractivity contribution in [1.82, 2.24) is 20.4 Å². The van der Waals surface area contributed by atoms with Gasteiger partial charge in [0.05, 0.1) is 19.8 Å². The molecule has 0 aliphatic carbocycles. The molecule has 2 aromatic rings. The fourth-order valence-electron chi connectivity index (χ4n) is 4.20. The molecule has 0 saturated carbocycles. The molecule has 2 N–H and O–H groups in total. The molecule has 6 nitrogen and oxygen atoms in total. The predicted molar refractivity (Wildman–Crippen MR) is 144 cm³/mol. The summed E-state index contributed by atoms with van der Waals surface area (Å²) in [7, 11) is 0. The number of thiophene rings is 1. The van der Waals surface area contributed by atoms with Gasteiger partial charge in [0.15, 0.2) is 5.96 Å². The molecule has 2 aliphatic rings. The van der Waals surface area contributed by atoms with Gasteiger partial charge in [0.1, 0.15) is 0 Å². The van der Waals surface area contributed by atoms with E-state index >= 15 is 0 Å². The zero-order valence-electron chi connectivity index (χ0n) is 19.0. The van der Waals surface area contributed by atoms with Crippen molar-refractivity contribution < 1.29 is 4.74 Å². The fraction of sp³-hybridized carbons (Fsp3) is 0.542. The Morgan fingerprint density at radius 3 is 2.69 bits per heavy atom. The summed E-state index contributed by atoms with van der Waals surface area (Å²) in [4.78, 5) is 11.4. The summed E-state index contributed by atoms with van der Waals surface area (Å²) >= 11 is 1.90. The Kier molecular flexibility index (Phi) is 10.7. The summed E-state index contributed by atoms with van der Waals surface area (Å²) in [6.45, 7) is 12.5. The van der Waals surface area contributed by atoms with Crippen LogP contribution in [-0.2, 0) is 30.8 Å². The van der Waals surface area contributed by atoms with Crippen LogP contribution in [0, 0.1) is 0 Å². The van der Waals surface area contributed by atoms with E-state index in [4.69, 9.17) is 9.73 Å². The largest absolute Gasteiger partial charge is 0.379 e. The second-order valence-corrected chi connectivity index (χ2v) is 9.18. The SMILES string of the molecule is CCNC(=NCc1ccccc1CN1CCOCC1)NCCN1CCc2sccc2C1.I. The maximum atomic E-state index is 5.49. The van der Waals surface area contributed by atoms with Gasteiger partial charge in [0.25, 0.3) is 0 Å². The van der Waals surface area contributed by atoms with Crippen molar-refractivity contribution in [1.29, 1.82) is 0 Å². The number of halogens is 1.